The summed E-state index contributed by atoms with van der Waals surface area (Å²) in [7, 11) is 0. The number of carbonyl (C=O) groups excluding carboxylic acids is 1. The van der Waals surface area contributed by atoms with Crippen molar-refractivity contribution in [3.63, 3.8) is 0 Å². The van der Waals surface area contributed by atoms with Crippen LogP contribution in [-0.4, -0.2) is 12.6 Å². The second-order valence-corrected chi connectivity index (χ2v) is 5.14. The van der Waals surface area contributed by atoms with Gasteiger partial charge in [0.05, 0.1) is 12.2 Å². The van der Waals surface area contributed by atoms with Crippen molar-refractivity contribution in [2.75, 3.05) is 6.61 Å². The molecule has 0 radical (unpaired) electrons. The van der Waals surface area contributed by atoms with E-state index in [0.717, 1.165) is 17.7 Å². The molecule has 116 valence electrons. The second-order valence-electron chi connectivity index (χ2n) is 5.14. The fourth-order valence-electron chi connectivity index (χ4n) is 2.04. The van der Waals surface area contributed by atoms with Crippen LogP contribution in [0.4, 0.5) is 0 Å². The molecule has 0 saturated heterocycles. The lowest BCUT2D eigenvalue weighted by Gasteiger charge is -2.07. The first-order valence-electron chi connectivity index (χ1n) is 7.73. The molecule has 2 rings (SSSR count). The van der Waals surface area contributed by atoms with Crippen molar-refractivity contribution in [2.45, 2.75) is 32.8 Å². The van der Waals surface area contributed by atoms with Crippen molar-refractivity contribution in [1.29, 1.82) is 0 Å². The fraction of sp³-hybridized carbons (Fsp3) is 0.316. The van der Waals surface area contributed by atoms with Gasteiger partial charge in [0.15, 0.2) is 0 Å². The summed E-state index contributed by atoms with van der Waals surface area (Å²) in [6.45, 7) is 3.16. The SMILES string of the molecule is CCCCCOc1ccc(C(=O)OCc2ccccc2)cc1. The Kier molecular flexibility index (Phi) is 6.49. The van der Waals surface area contributed by atoms with E-state index in [-0.39, 0.29) is 12.6 Å². The second kappa shape index (κ2) is 8.88. The van der Waals surface area contributed by atoms with Gasteiger partial charge in [0.2, 0.25) is 0 Å². The molecule has 0 aliphatic carbocycles. The van der Waals surface area contributed by atoms with Crippen LogP contribution in [0.1, 0.15) is 42.1 Å². The van der Waals surface area contributed by atoms with Gasteiger partial charge in [-0.3, -0.25) is 0 Å². The van der Waals surface area contributed by atoms with E-state index in [0.29, 0.717) is 12.2 Å². The molecule has 0 unspecified atom stereocenters. The molecule has 0 aromatic heterocycles. The number of unbranched alkanes of at least 4 members (excludes halogenated alkanes) is 2. The molecule has 0 amide bonds. The van der Waals surface area contributed by atoms with Gasteiger partial charge in [0.1, 0.15) is 12.4 Å². The molecule has 0 aliphatic rings. The lowest BCUT2D eigenvalue weighted by atomic mass is 10.2. The van der Waals surface area contributed by atoms with Crippen LogP contribution in [0, 0.1) is 0 Å². The van der Waals surface area contributed by atoms with Crippen LogP contribution in [0.3, 0.4) is 0 Å². The highest BCUT2D eigenvalue weighted by Gasteiger charge is 2.07. The van der Waals surface area contributed by atoms with Crippen molar-refractivity contribution in [3.05, 3.63) is 65.7 Å². The van der Waals surface area contributed by atoms with Crippen molar-refractivity contribution in [1.82, 2.24) is 0 Å². The molecule has 0 fully saturated rings. The van der Waals surface area contributed by atoms with Gasteiger partial charge in [-0.25, -0.2) is 4.79 Å². The van der Waals surface area contributed by atoms with Crippen molar-refractivity contribution in [2.24, 2.45) is 0 Å². The molecule has 2 aromatic rings. The summed E-state index contributed by atoms with van der Waals surface area (Å²) in [4.78, 5) is 12.0. The molecule has 0 N–H and O–H groups in total. The topological polar surface area (TPSA) is 35.5 Å². The highest BCUT2D eigenvalue weighted by Crippen LogP contribution is 2.14. The van der Waals surface area contributed by atoms with E-state index >= 15 is 0 Å². The number of esters is 1. The third-order valence-electron chi connectivity index (χ3n) is 3.32. The Labute approximate surface area is 131 Å². The zero-order valence-electron chi connectivity index (χ0n) is 13.0. The van der Waals surface area contributed by atoms with Crippen LogP contribution in [0.5, 0.6) is 5.75 Å². The molecule has 22 heavy (non-hydrogen) atoms. The summed E-state index contributed by atoms with van der Waals surface area (Å²) < 4.78 is 10.9. The predicted molar refractivity (Wildman–Crippen MR) is 87.0 cm³/mol. The molecule has 0 spiro atoms. The van der Waals surface area contributed by atoms with Crippen LogP contribution >= 0.6 is 0 Å². The average Bonchev–Trinajstić information content (AvgIpc) is 2.58. The molecule has 0 bridgehead atoms. The Morgan fingerprint density at radius 1 is 0.955 bits per heavy atom. The van der Waals surface area contributed by atoms with Gasteiger partial charge in [-0.15, -0.1) is 0 Å². The molecule has 0 heterocycles. The highest BCUT2D eigenvalue weighted by molar-refractivity contribution is 5.89. The summed E-state index contributed by atoms with van der Waals surface area (Å²) in [5.74, 6) is 0.470. The average molecular weight is 298 g/mol. The van der Waals surface area contributed by atoms with Crippen LogP contribution < -0.4 is 4.74 Å². The van der Waals surface area contributed by atoms with E-state index in [4.69, 9.17) is 9.47 Å². The van der Waals surface area contributed by atoms with Crippen LogP contribution in [0.15, 0.2) is 54.6 Å². The maximum Gasteiger partial charge on any atom is 0.338 e. The summed E-state index contributed by atoms with van der Waals surface area (Å²) in [5.41, 5.74) is 1.52. The minimum Gasteiger partial charge on any atom is -0.494 e. The molecule has 2 aromatic carbocycles. The van der Waals surface area contributed by atoms with Gasteiger partial charge in [-0.2, -0.15) is 0 Å². The first kappa shape index (κ1) is 16.1. The predicted octanol–water partition coefficient (Wildman–Crippen LogP) is 4.61. The van der Waals surface area contributed by atoms with E-state index in [1.807, 2.05) is 42.5 Å². The standard InChI is InChI=1S/C19H22O3/c1-2-3-7-14-21-18-12-10-17(11-13-18)19(20)22-15-16-8-5-4-6-9-16/h4-6,8-13H,2-3,7,14-15H2,1H3. The lowest BCUT2D eigenvalue weighted by Crippen LogP contribution is -2.05. The highest BCUT2D eigenvalue weighted by atomic mass is 16.5. The number of carbonyl (C=O) groups is 1. The Hall–Kier alpha value is -2.29. The van der Waals surface area contributed by atoms with Crippen molar-refractivity contribution >= 4 is 5.97 Å². The number of rotatable bonds is 8. The largest absolute Gasteiger partial charge is 0.494 e. The maximum absolute atomic E-state index is 12.0. The maximum atomic E-state index is 12.0. The van der Waals surface area contributed by atoms with Crippen LogP contribution in [0.2, 0.25) is 0 Å². The number of hydrogen-bond donors (Lipinski definition) is 0. The molecule has 3 nitrogen and oxygen atoms in total. The minimum absolute atomic E-state index is 0.287. The quantitative estimate of drug-likeness (QED) is 0.527. The normalized spacial score (nSPS) is 10.2. The third-order valence-corrected chi connectivity index (χ3v) is 3.32. The first-order valence-corrected chi connectivity index (χ1v) is 7.73. The van der Waals surface area contributed by atoms with E-state index in [1.54, 1.807) is 12.1 Å². The van der Waals surface area contributed by atoms with Crippen LogP contribution in [0.25, 0.3) is 0 Å². The Bertz CT molecular complexity index is 561. The monoisotopic (exact) mass is 298 g/mol. The Balaban J connectivity index is 1.80. The molecule has 0 aliphatic heterocycles. The van der Waals surface area contributed by atoms with Gasteiger partial charge >= 0.3 is 5.97 Å². The molecular formula is C19H22O3. The smallest absolute Gasteiger partial charge is 0.338 e. The van der Waals surface area contributed by atoms with Gasteiger partial charge < -0.3 is 9.47 Å². The van der Waals surface area contributed by atoms with Crippen LogP contribution in [-0.2, 0) is 11.3 Å². The number of hydrogen-bond acceptors (Lipinski definition) is 3. The lowest BCUT2D eigenvalue weighted by molar-refractivity contribution is 0.0472. The summed E-state index contributed by atoms with van der Waals surface area (Å²) in [6.07, 6.45) is 3.40. The van der Waals surface area contributed by atoms with E-state index < -0.39 is 0 Å². The fourth-order valence-corrected chi connectivity index (χ4v) is 2.04. The summed E-state index contributed by atoms with van der Waals surface area (Å²) >= 11 is 0. The van der Waals surface area contributed by atoms with E-state index in [2.05, 4.69) is 6.92 Å². The van der Waals surface area contributed by atoms with Crippen molar-refractivity contribution in [3.8, 4) is 5.75 Å². The van der Waals surface area contributed by atoms with E-state index in [1.165, 1.54) is 12.8 Å². The van der Waals surface area contributed by atoms with E-state index in [9.17, 15) is 4.79 Å². The molecule has 0 saturated carbocycles. The van der Waals surface area contributed by atoms with Crippen molar-refractivity contribution < 1.29 is 14.3 Å². The van der Waals surface area contributed by atoms with Gasteiger partial charge in [0.25, 0.3) is 0 Å². The summed E-state index contributed by atoms with van der Waals surface area (Å²) in [5, 5.41) is 0. The van der Waals surface area contributed by atoms with Gasteiger partial charge in [-0.05, 0) is 36.2 Å². The third kappa shape index (κ3) is 5.24. The molecule has 0 atom stereocenters. The van der Waals surface area contributed by atoms with Gasteiger partial charge in [-0.1, -0.05) is 50.1 Å². The zero-order valence-corrected chi connectivity index (χ0v) is 13.0. The molecular weight excluding hydrogens is 276 g/mol. The Morgan fingerprint density at radius 2 is 1.68 bits per heavy atom. The molecule has 3 heteroatoms. The first-order chi connectivity index (χ1) is 10.8. The Morgan fingerprint density at radius 3 is 2.36 bits per heavy atom. The number of ether oxygens (including phenoxy) is 2. The summed E-state index contributed by atoms with van der Waals surface area (Å²) in [6, 6.07) is 16.7. The zero-order chi connectivity index (χ0) is 15.6. The number of benzene rings is 2. The van der Waals surface area contributed by atoms with Gasteiger partial charge in [0, 0.05) is 0 Å². The minimum atomic E-state index is -0.318.